The van der Waals surface area contributed by atoms with Crippen molar-refractivity contribution < 1.29 is 9.50 Å². The second-order valence-corrected chi connectivity index (χ2v) is 5.18. The van der Waals surface area contributed by atoms with Gasteiger partial charge in [0.05, 0.1) is 5.60 Å². The third-order valence-corrected chi connectivity index (χ3v) is 3.24. The van der Waals surface area contributed by atoms with E-state index in [-0.39, 0.29) is 5.82 Å². The number of halogens is 2. The molecule has 0 heterocycles. The van der Waals surface area contributed by atoms with Crippen LogP contribution in [0.5, 0.6) is 0 Å². The fraction of sp³-hybridized carbons (Fsp3) is 0.231. The summed E-state index contributed by atoms with van der Waals surface area (Å²) in [6, 6.07) is 8.83. The van der Waals surface area contributed by atoms with Gasteiger partial charge in [-0.1, -0.05) is 40.2 Å². The van der Waals surface area contributed by atoms with Gasteiger partial charge in [0.25, 0.3) is 0 Å². The van der Waals surface area contributed by atoms with Gasteiger partial charge in [0.2, 0.25) is 0 Å². The van der Waals surface area contributed by atoms with E-state index >= 15 is 0 Å². The number of fused-ring (bicyclic) bond motifs is 1. The summed E-state index contributed by atoms with van der Waals surface area (Å²) in [6.45, 7) is 3.15. The molecule has 0 bridgehead atoms. The molecule has 0 amide bonds. The van der Waals surface area contributed by atoms with Gasteiger partial charge in [0.15, 0.2) is 0 Å². The molecule has 2 aromatic rings. The lowest BCUT2D eigenvalue weighted by atomic mass is 9.95. The molecule has 0 aliphatic rings. The average molecular weight is 283 g/mol. The molecule has 0 fully saturated rings. The van der Waals surface area contributed by atoms with E-state index in [9.17, 15) is 9.50 Å². The fourth-order valence-corrected chi connectivity index (χ4v) is 2.32. The minimum absolute atomic E-state index is 0.304. The Morgan fingerprint density at radius 3 is 2.31 bits per heavy atom. The van der Waals surface area contributed by atoms with Crippen LogP contribution in [-0.4, -0.2) is 5.11 Å². The van der Waals surface area contributed by atoms with Crippen LogP contribution in [0.3, 0.4) is 0 Å². The Bertz CT molecular complexity index is 543. The fourth-order valence-electron chi connectivity index (χ4n) is 1.74. The van der Waals surface area contributed by atoms with Crippen LogP contribution in [0.2, 0.25) is 0 Å². The molecule has 1 nitrogen and oxygen atoms in total. The van der Waals surface area contributed by atoms with Gasteiger partial charge in [-0.15, -0.1) is 0 Å². The maximum atomic E-state index is 14.2. The van der Waals surface area contributed by atoms with Crippen molar-refractivity contribution in [3.8, 4) is 0 Å². The second-order valence-electron chi connectivity index (χ2n) is 4.32. The summed E-state index contributed by atoms with van der Waals surface area (Å²) in [6.07, 6.45) is 0. The van der Waals surface area contributed by atoms with Crippen molar-refractivity contribution in [3.05, 3.63) is 46.2 Å². The first-order valence-electron chi connectivity index (χ1n) is 5.01. The topological polar surface area (TPSA) is 20.2 Å². The summed E-state index contributed by atoms with van der Waals surface area (Å²) in [7, 11) is 0. The van der Waals surface area contributed by atoms with E-state index in [0.717, 1.165) is 9.86 Å². The summed E-state index contributed by atoms with van der Waals surface area (Å²) < 4.78 is 15.0. The highest BCUT2D eigenvalue weighted by molar-refractivity contribution is 9.10. The van der Waals surface area contributed by atoms with Gasteiger partial charge in [-0.25, -0.2) is 4.39 Å². The van der Waals surface area contributed by atoms with Crippen LogP contribution in [0.15, 0.2) is 34.8 Å². The van der Waals surface area contributed by atoms with E-state index in [1.165, 1.54) is 0 Å². The Morgan fingerprint density at radius 2 is 1.75 bits per heavy atom. The molecule has 0 radical (unpaired) electrons. The first kappa shape index (κ1) is 11.6. The Morgan fingerprint density at radius 1 is 1.19 bits per heavy atom. The number of rotatable bonds is 1. The zero-order valence-corrected chi connectivity index (χ0v) is 10.7. The SMILES string of the molecule is CC(C)(O)c1cc(Br)c2ccccc2c1F. The lowest BCUT2D eigenvalue weighted by Crippen LogP contribution is -2.17. The highest BCUT2D eigenvalue weighted by Crippen LogP contribution is 2.33. The van der Waals surface area contributed by atoms with Gasteiger partial charge in [0, 0.05) is 15.4 Å². The number of aliphatic hydroxyl groups is 1. The zero-order valence-electron chi connectivity index (χ0n) is 9.09. The number of hydrogen-bond donors (Lipinski definition) is 1. The number of benzene rings is 2. The second kappa shape index (κ2) is 3.82. The Balaban J connectivity index is 2.86. The maximum absolute atomic E-state index is 14.2. The Labute approximate surface area is 102 Å². The molecule has 84 valence electrons. The molecular formula is C13H12BrFO. The van der Waals surface area contributed by atoms with Gasteiger partial charge in [0.1, 0.15) is 5.82 Å². The summed E-state index contributed by atoms with van der Waals surface area (Å²) in [5, 5.41) is 11.2. The molecule has 0 unspecified atom stereocenters. The van der Waals surface area contributed by atoms with Gasteiger partial charge in [-0.2, -0.15) is 0 Å². The van der Waals surface area contributed by atoms with E-state index in [2.05, 4.69) is 15.9 Å². The lowest BCUT2D eigenvalue weighted by molar-refractivity contribution is 0.0748. The maximum Gasteiger partial charge on any atom is 0.137 e. The molecule has 1 N–H and O–H groups in total. The van der Waals surface area contributed by atoms with Crippen LogP contribution in [-0.2, 0) is 5.60 Å². The average Bonchev–Trinajstić information content (AvgIpc) is 2.22. The largest absolute Gasteiger partial charge is 0.386 e. The molecule has 2 rings (SSSR count). The van der Waals surface area contributed by atoms with E-state index < -0.39 is 5.60 Å². The normalized spacial score (nSPS) is 12.1. The molecule has 16 heavy (non-hydrogen) atoms. The first-order chi connectivity index (χ1) is 7.41. The molecule has 0 saturated heterocycles. The van der Waals surface area contributed by atoms with Crippen molar-refractivity contribution in [2.75, 3.05) is 0 Å². The molecule has 0 atom stereocenters. The van der Waals surface area contributed by atoms with E-state index in [4.69, 9.17) is 0 Å². The van der Waals surface area contributed by atoms with E-state index in [0.29, 0.717) is 10.9 Å². The smallest absolute Gasteiger partial charge is 0.137 e. The molecule has 3 heteroatoms. The summed E-state index contributed by atoms with van der Waals surface area (Å²) in [5.41, 5.74) is -0.880. The van der Waals surface area contributed by atoms with Crippen LogP contribution in [0.1, 0.15) is 19.4 Å². The lowest BCUT2D eigenvalue weighted by Gasteiger charge is -2.20. The quantitative estimate of drug-likeness (QED) is 0.839. The highest BCUT2D eigenvalue weighted by atomic mass is 79.9. The van der Waals surface area contributed by atoms with Crippen molar-refractivity contribution in [1.29, 1.82) is 0 Å². The van der Waals surface area contributed by atoms with Crippen molar-refractivity contribution in [1.82, 2.24) is 0 Å². The van der Waals surface area contributed by atoms with Crippen LogP contribution < -0.4 is 0 Å². The molecule has 0 aliphatic carbocycles. The molecule has 0 aromatic heterocycles. The Kier molecular flexibility index (Phi) is 2.76. The van der Waals surface area contributed by atoms with Gasteiger partial charge >= 0.3 is 0 Å². The molecule has 2 aromatic carbocycles. The summed E-state index contributed by atoms with van der Waals surface area (Å²) in [5.74, 6) is -0.355. The predicted molar refractivity (Wildman–Crippen MR) is 66.9 cm³/mol. The minimum atomic E-state index is -1.18. The van der Waals surface area contributed by atoms with Gasteiger partial charge < -0.3 is 5.11 Å². The highest BCUT2D eigenvalue weighted by Gasteiger charge is 2.23. The zero-order chi connectivity index (χ0) is 11.9. The van der Waals surface area contributed by atoms with Crippen LogP contribution in [0.4, 0.5) is 4.39 Å². The van der Waals surface area contributed by atoms with Crippen molar-refractivity contribution in [2.45, 2.75) is 19.4 Å². The standard InChI is InChI=1S/C13H12BrFO/c1-13(2,16)10-7-11(14)8-5-3-4-6-9(8)12(10)15/h3-7,16H,1-2H3. The van der Waals surface area contributed by atoms with Crippen LogP contribution in [0, 0.1) is 5.82 Å². The predicted octanol–water partition coefficient (Wildman–Crippen LogP) is 3.97. The van der Waals surface area contributed by atoms with E-state index in [1.807, 2.05) is 12.1 Å². The summed E-state index contributed by atoms with van der Waals surface area (Å²) in [4.78, 5) is 0. The molecule has 0 aliphatic heterocycles. The third-order valence-electron chi connectivity index (χ3n) is 2.59. The first-order valence-corrected chi connectivity index (χ1v) is 5.80. The van der Waals surface area contributed by atoms with Gasteiger partial charge in [-0.3, -0.25) is 0 Å². The van der Waals surface area contributed by atoms with E-state index in [1.54, 1.807) is 32.0 Å². The van der Waals surface area contributed by atoms with Crippen molar-refractivity contribution >= 4 is 26.7 Å². The molecule has 0 saturated carbocycles. The van der Waals surface area contributed by atoms with Crippen molar-refractivity contribution in [3.63, 3.8) is 0 Å². The third kappa shape index (κ3) is 1.85. The molecule has 0 spiro atoms. The Hall–Kier alpha value is -0.930. The molecular weight excluding hydrogens is 271 g/mol. The van der Waals surface area contributed by atoms with Crippen molar-refractivity contribution in [2.24, 2.45) is 0 Å². The van der Waals surface area contributed by atoms with Gasteiger partial charge in [-0.05, 0) is 25.3 Å². The van der Waals surface area contributed by atoms with Crippen LogP contribution >= 0.6 is 15.9 Å². The minimum Gasteiger partial charge on any atom is -0.386 e. The van der Waals surface area contributed by atoms with Crippen LogP contribution in [0.25, 0.3) is 10.8 Å². The number of hydrogen-bond acceptors (Lipinski definition) is 1. The summed E-state index contributed by atoms with van der Waals surface area (Å²) >= 11 is 3.40. The monoisotopic (exact) mass is 282 g/mol.